The fourth-order valence-corrected chi connectivity index (χ4v) is 4.48. The van der Waals surface area contributed by atoms with Gasteiger partial charge in [0.2, 0.25) is 0 Å². The van der Waals surface area contributed by atoms with Gasteiger partial charge >= 0.3 is 5.97 Å². The van der Waals surface area contributed by atoms with Crippen molar-refractivity contribution in [2.75, 3.05) is 0 Å². The topological polar surface area (TPSA) is 35.5 Å². The molecule has 0 amide bonds. The molecule has 124 valence electrons. The van der Waals surface area contributed by atoms with Crippen LogP contribution in [0.25, 0.3) is 6.08 Å². The van der Waals surface area contributed by atoms with Gasteiger partial charge in [0.1, 0.15) is 5.75 Å². The first-order valence-corrected chi connectivity index (χ1v) is 8.69. The average molecular weight is 338 g/mol. The summed E-state index contributed by atoms with van der Waals surface area (Å²) in [5.74, 6) is 0.476. The molecule has 1 aliphatic carbocycles. The zero-order valence-electron chi connectivity index (χ0n) is 13.8. The van der Waals surface area contributed by atoms with Crippen molar-refractivity contribution in [3.63, 3.8) is 0 Å². The highest BCUT2D eigenvalue weighted by atomic mass is 16.6. The molecule has 3 aliphatic rings. The number of esters is 1. The van der Waals surface area contributed by atoms with E-state index in [9.17, 15) is 4.79 Å². The van der Waals surface area contributed by atoms with E-state index >= 15 is 0 Å². The van der Waals surface area contributed by atoms with Gasteiger partial charge in [0, 0.05) is 22.3 Å². The maximum Gasteiger partial charge on any atom is 0.340 e. The summed E-state index contributed by atoms with van der Waals surface area (Å²) in [4.78, 5) is 12.7. The van der Waals surface area contributed by atoms with Gasteiger partial charge in [-0.05, 0) is 23.8 Å². The lowest BCUT2D eigenvalue weighted by atomic mass is 9.76. The van der Waals surface area contributed by atoms with Gasteiger partial charge < -0.3 is 9.47 Å². The maximum atomic E-state index is 12.7. The van der Waals surface area contributed by atoms with Crippen LogP contribution >= 0.6 is 0 Å². The first-order chi connectivity index (χ1) is 12.8. The van der Waals surface area contributed by atoms with Gasteiger partial charge in [-0.25, -0.2) is 4.79 Å². The van der Waals surface area contributed by atoms with Crippen LogP contribution in [0.15, 0.2) is 78.4 Å². The Morgan fingerprint density at radius 3 is 2.46 bits per heavy atom. The third-order valence-electron chi connectivity index (χ3n) is 5.56. The van der Waals surface area contributed by atoms with Crippen LogP contribution in [0.5, 0.6) is 5.75 Å². The van der Waals surface area contributed by atoms with Gasteiger partial charge in [-0.3, -0.25) is 0 Å². The van der Waals surface area contributed by atoms with E-state index in [-0.39, 0.29) is 12.1 Å². The van der Waals surface area contributed by atoms with Crippen molar-refractivity contribution in [3.8, 4) is 5.75 Å². The molecule has 2 unspecified atom stereocenters. The van der Waals surface area contributed by atoms with Crippen molar-refractivity contribution in [2.45, 2.75) is 11.7 Å². The zero-order valence-corrected chi connectivity index (χ0v) is 13.8. The second-order valence-corrected chi connectivity index (χ2v) is 6.84. The minimum Gasteiger partial charge on any atom is -0.481 e. The minimum absolute atomic E-state index is 0.250. The van der Waals surface area contributed by atoms with Crippen molar-refractivity contribution in [2.24, 2.45) is 0 Å². The molecule has 2 aliphatic heterocycles. The van der Waals surface area contributed by atoms with Gasteiger partial charge in [-0.1, -0.05) is 60.7 Å². The smallest absolute Gasteiger partial charge is 0.340 e. The van der Waals surface area contributed by atoms with E-state index in [1.54, 1.807) is 0 Å². The monoisotopic (exact) mass is 338 g/mol. The Morgan fingerprint density at radius 2 is 1.54 bits per heavy atom. The molecule has 2 heterocycles. The molecule has 1 spiro atoms. The van der Waals surface area contributed by atoms with Crippen LogP contribution in [0, 0.1) is 0 Å². The van der Waals surface area contributed by atoms with Crippen LogP contribution < -0.4 is 4.74 Å². The summed E-state index contributed by atoms with van der Waals surface area (Å²) >= 11 is 0. The molecule has 0 aromatic heterocycles. The lowest BCUT2D eigenvalue weighted by molar-refractivity contribution is 0.0104. The number of hydrogen-bond donors (Lipinski definition) is 0. The Balaban J connectivity index is 1.72. The number of fused-ring (bicyclic) bond motifs is 8. The first kappa shape index (κ1) is 13.9. The summed E-state index contributed by atoms with van der Waals surface area (Å²) in [6.07, 6.45) is 1.87. The fourth-order valence-electron chi connectivity index (χ4n) is 4.48. The Kier molecular flexibility index (Phi) is 2.48. The summed E-state index contributed by atoms with van der Waals surface area (Å²) in [6.45, 7) is 0. The molecule has 0 saturated heterocycles. The highest BCUT2D eigenvalue weighted by molar-refractivity contribution is 5.97. The molecule has 0 fully saturated rings. The summed E-state index contributed by atoms with van der Waals surface area (Å²) in [7, 11) is 0. The molecule has 26 heavy (non-hydrogen) atoms. The Hall–Kier alpha value is -3.33. The van der Waals surface area contributed by atoms with Crippen molar-refractivity contribution in [3.05, 3.63) is 106 Å². The number of benzene rings is 3. The lowest BCUT2D eigenvalue weighted by Gasteiger charge is -2.40. The molecule has 3 nitrogen and oxygen atoms in total. The highest BCUT2D eigenvalue weighted by Crippen LogP contribution is 2.59. The predicted molar refractivity (Wildman–Crippen MR) is 96.9 cm³/mol. The van der Waals surface area contributed by atoms with Crippen LogP contribution in [0.3, 0.4) is 0 Å². The second-order valence-electron chi connectivity index (χ2n) is 6.84. The van der Waals surface area contributed by atoms with Crippen LogP contribution in [-0.4, -0.2) is 5.97 Å². The van der Waals surface area contributed by atoms with Gasteiger partial charge in [-0.15, -0.1) is 0 Å². The molecular weight excluding hydrogens is 324 g/mol. The minimum atomic E-state index is -0.924. The summed E-state index contributed by atoms with van der Waals surface area (Å²) < 4.78 is 12.5. The molecule has 6 rings (SSSR count). The van der Waals surface area contributed by atoms with E-state index in [1.165, 1.54) is 0 Å². The van der Waals surface area contributed by atoms with E-state index in [1.807, 2.05) is 60.7 Å². The van der Waals surface area contributed by atoms with Crippen LogP contribution in [0.2, 0.25) is 0 Å². The third-order valence-corrected chi connectivity index (χ3v) is 5.56. The Labute approximate surface area is 150 Å². The second kappa shape index (κ2) is 4.64. The number of rotatable bonds is 0. The number of ether oxygens (including phenoxy) is 2. The fraction of sp³-hybridized carbons (Fsp3) is 0.0870. The van der Waals surface area contributed by atoms with Gasteiger partial charge in [-0.2, -0.15) is 0 Å². The Bertz CT molecular complexity index is 1130. The largest absolute Gasteiger partial charge is 0.481 e. The molecule has 0 N–H and O–H groups in total. The molecule has 0 saturated carbocycles. The molecule has 0 radical (unpaired) electrons. The first-order valence-electron chi connectivity index (χ1n) is 8.69. The van der Waals surface area contributed by atoms with Crippen LogP contribution in [0.1, 0.15) is 38.7 Å². The third kappa shape index (κ3) is 1.51. The van der Waals surface area contributed by atoms with Gasteiger partial charge in [0.05, 0.1) is 5.56 Å². The van der Waals surface area contributed by atoms with E-state index in [0.717, 1.165) is 33.6 Å². The van der Waals surface area contributed by atoms with E-state index in [0.29, 0.717) is 5.56 Å². The standard InChI is InChI=1S/C23H14O3/c24-22-16-9-3-4-10-17(16)23(26-22)18-11-5-6-12-20(18)25-21-15-8-2-1-7-14(15)13-19(21)23/h1-13,21H. The summed E-state index contributed by atoms with van der Waals surface area (Å²) in [5, 5.41) is 0. The Morgan fingerprint density at radius 1 is 0.808 bits per heavy atom. The van der Waals surface area contributed by atoms with E-state index in [4.69, 9.17) is 9.47 Å². The number of carbonyl (C=O) groups excluding carboxylic acids is 1. The average Bonchev–Trinajstić information content (AvgIpc) is 3.20. The van der Waals surface area contributed by atoms with Crippen molar-refractivity contribution in [1.82, 2.24) is 0 Å². The maximum absolute atomic E-state index is 12.7. The molecular formula is C23H14O3. The molecule has 3 aromatic rings. The van der Waals surface area contributed by atoms with Crippen molar-refractivity contribution < 1.29 is 14.3 Å². The highest BCUT2D eigenvalue weighted by Gasteiger charge is 2.57. The molecule has 2 atom stereocenters. The molecule has 0 bridgehead atoms. The van der Waals surface area contributed by atoms with E-state index in [2.05, 4.69) is 18.2 Å². The van der Waals surface area contributed by atoms with Gasteiger partial charge in [0.15, 0.2) is 11.7 Å². The number of hydrogen-bond acceptors (Lipinski definition) is 3. The summed E-state index contributed by atoms with van der Waals surface area (Å²) in [6, 6.07) is 23.7. The molecule has 3 aromatic carbocycles. The number of carbonyl (C=O) groups is 1. The predicted octanol–water partition coefficient (Wildman–Crippen LogP) is 4.63. The number of para-hydroxylation sites is 1. The van der Waals surface area contributed by atoms with Crippen LogP contribution in [0.4, 0.5) is 0 Å². The SMILES string of the molecule is O=C1OC2(C3=Cc4ccccc4C3Oc3ccccc32)c2ccccc21. The quantitative estimate of drug-likeness (QED) is 0.561. The van der Waals surface area contributed by atoms with Crippen molar-refractivity contribution in [1.29, 1.82) is 0 Å². The van der Waals surface area contributed by atoms with Crippen molar-refractivity contribution >= 4 is 12.0 Å². The summed E-state index contributed by atoms with van der Waals surface area (Å²) in [5.41, 5.74) is 4.66. The van der Waals surface area contributed by atoms with Crippen LogP contribution in [-0.2, 0) is 10.3 Å². The molecule has 3 heteroatoms. The normalized spacial score (nSPS) is 24.1. The lowest BCUT2D eigenvalue weighted by Crippen LogP contribution is -2.37. The zero-order chi connectivity index (χ0) is 17.3. The van der Waals surface area contributed by atoms with E-state index < -0.39 is 5.60 Å². The van der Waals surface area contributed by atoms with Gasteiger partial charge in [0.25, 0.3) is 0 Å².